The largest absolute Gasteiger partial charge is 0.381 e. The van der Waals surface area contributed by atoms with Gasteiger partial charge in [-0.3, -0.25) is 4.79 Å². The Morgan fingerprint density at radius 2 is 1.97 bits per heavy atom. The van der Waals surface area contributed by atoms with Crippen molar-refractivity contribution in [3.63, 3.8) is 0 Å². The topological polar surface area (TPSA) is 85.7 Å². The van der Waals surface area contributed by atoms with Gasteiger partial charge in [0, 0.05) is 25.2 Å². The molecular weight excluding hydrogens is 402 g/mol. The van der Waals surface area contributed by atoms with Crippen LogP contribution < -0.4 is 5.56 Å². The monoisotopic (exact) mass is 427 g/mol. The molecule has 4 aromatic rings. The van der Waals surface area contributed by atoms with Gasteiger partial charge in [0.25, 0.3) is 5.56 Å². The van der Waals surface area contributed by atoms with E-state index in [1.54, 1.807) is 6.20 Å². The fourth-order valence-corrected chi connectivity index (χ4v) is 4.19. The third kappa shape index (κ3) is 3.87. The lowest BCUT2D eigenvalue weighted by atomic mass is 10.0. The number of H-pyrrole nitrogens is 1. The predicted octanol–water partition coefficient (Wildman–Crippen LogP) is 4.16. The molecule has 0 radical (unpaired) electrons. The van der Waals surface area contributed by atoms with Crippen molar-refractivity contribution >= 4 is 16.6 Å². The van der Waals surface area contributed by atoms with Crippen molar-refractivity contribution in [1.29, 1.82) is 0 Å². The quantitative estimate of drug-likeness (QED) is 0.517. The minimum atomic E-state index is -0.164. The highest BCUT2D eigenvalue weighted by atomic mass is 16.5. The van der Waals surface area contributed by atoms with Crippen LogP contribution in [0.4, 0.5) is 0 Å². The number of ether oxygens (including phenoxy) is 1. The van der Waals surface area contributed by atoms with Gasteiger partial charge < -0.3 is 9.72 Å². The molecule has 0 amide bonds. The van der Waals surface area contributed by atoms with Gasteiger partial charge in [0.2, 0.25) is 0 Å². The molecule has 4 heterocycles. The standard InChI is InChI=1S/C25H25N5O2/c1-16(2)21-8-5-9-22(27-21)19-7-4-3-6-17(19)14-23-28-24-20(25(31)29-23)15-26-30(24)18-10-12-32-13-11-18/h3-9,15,18H,1,10-14H2,2H3,(H,28,29,31). The maximum Gasteiger partial charge on any atom is 0.262 e. The highest BCUT2D eigenvalue weighted by Gasteiger charge is 2.21. The Labute approximate surface area is 185 Å². The van der Waals surface area contributed by atoms with Gasteiger partial charge in [-0.05, 0) is 43.0 Å². The molecule has 0 bridgehead atoms. The molecule has 5 rings (SSSR count). The Bertz CT molecular complexity index is 1350. The number of pyridine rings is 1. The molecule has 162 valence electrons. The summed E-state index contributed by atoms with van der Waals surface area (Å²) in [5.41, 5.74) is 5.18. The first-order chi connectivity index (χ1) is 15.6. The van der Waals surface area contributed by atoms with E-state index in [1.807, 2.05) is 54.1 Å². The Balaban J connectivity index is 1.54. The highest BCUT2D eigenvalue weighted by Crippen LogP contribution is 2.26. The van der Waals surface area contributed by atoms with Crippen LogP contribution in [0.3, 0.4) is 0 Å². The summed E-state index contributed by atoms with van der Waals surface area (Å²) in [6.45, 7) is 7.35. The van der Waals surface area contributed by atoms with Gasteiger partial charge in [0.15, 0.2) is 5.65 Å². The lowest BCUT2D eigenvalue weighted by molar-refractivity contribution is 0.0673. The Morgan fingerprint density at radius 1 is 1.16 bits per heavy atom. The summed E-state index contributed by atoms with van der Waals surface area (Å²) in [6, 6.07) is 14.2. The molecule has 1 fully saturated rings. The first-order valence-electron chi connectivity index (χ1n) is 10.9. The molecule has 0 unspecified atom stereocenters. The average Bonchev–Trinajstić information content (AvgIpc) is 3.25. The van der Waals surface area contributed by atoms with Crippen molar-refractivity contribution in [2.75, 3.05) is 13.2 Å². The van der Waals surface area contributed by atoms with Crippen molar-refractivity contribution in [2.45, 2.75) is 32.2 Å². The second-order valence-corrected chi connectivity index (χ2v) is 8.20. The van der Waals surface area contributed by atoms with Gasteiger partial charge >= 0.3 is 0 Å². The number of aromatic amines is 1. The molecule has 0 aliphatic carbocycles. The van der Waals surface area contributed by atoms with Crippen LogP contribution in [0.5, 0.6) is 0 Å². The van der Waals surface area contributed by atoms with E-state index >= 15 is 0 Å². The number of fused-ring (bicyclic) bond motifs is 1. The van der Waals surface area contributed by atoms with E-state index in [-0.39, 0.29) is 11.6 Å². The van der Waals surface area contributed by atoms with Gasteiger partial charge in [-0.15, -0.1) is 0 Å². The SMILES string of the molecule is C=C(C)c1cccc(-c2ccccc2Cc2nc3c(cnn3C3CCOCC3)c(=O)[nH]2)n1. The molecular formula is C25H25N5O2. The second kappa shape index (κ2) is 8.51. The summed E-state index contributed by atoms with van der Waals surface area (Å²) in [5.74, 6) is 0.611. The van der Waals surface area contributed by atoms with E-state index in [0.29, 0.717) is 36.5 Å². The lowest BCUT2D eigenvalue weighted by Gasteiger charge is -2.22. The van der Waals surface area contributed by atoms with Gasteiger partial charge in [-0.1, -0.05) is 36.9 Å². The van der Waals surface area contributed by atoms with Crippen LogP contribution in [-0.2, 0) is 11.2 Å². The Morgan fingerprint density at radius 3 is 2.78 bits per heavy atom. The van der Waals surface area contributed by atoms with Crippen molar-refractivity contribution in [3.8, 4) is 11.3 Å². The van der Waals surface area contributed by atoms with Crippen LogP contribution in [0, 0.1) is 0 Å². The fourth-order valence-electron chi connectivity index (χ4n) is 4.19. The number of aromatic nitrogens is 5. The Kier molecular flexibility index (Phi) is 5.41. The highest BCUT2D eigenvalue weighted by molar-refractivity contribution is 5.73. The molecule has 7 heteroatoms. The zero-order valence-corrected chi connectivity index (χ0v) is 18.0. The zero-order chi connectivity index (χ0) is 22.1. The normalized spacial score (nSPS) is 14.7. The number of nitrogens with zero attached hydrogens (tertiary/aromatic N) is 4. The number of hydrogen-bond donors (Lipinski definition) is 1. The van der Waals surface area contributed by atoms with Crippen LogP contribution in [0.1, 0.15) is 42.9 Å². The number of allylic oxidation sites excluding steroid dienone is 1. The maximum atomic E-state index is 12.8. The summed E-state index contributed by atoms with van der Waals surface area (Å²) in [6.07, 6.45) is 3.84. The summed E-state index contributed by atoms with van der Waals surface area (Å²) < 4.78 is 7.36. The van der Waals surface area contributed by atoms with E-state index < -0.39 is 0 Å². The van der Waals surface area contributed by atoms with Gasteiger partial charge in [-0.2, -0.15) is 5.10 Å². The van der Waals surface area contributed by atoms with E-state index in [2.05, 4.69) is 16.7 Å². The molecule has 0 atom stereocenters. The van der Waals surface area contributed by atoms with Gasteiger partial charge in [-0.25, -0.2) is 14.6 Å². The first kappa shape index (κ1) is 20.3. The molecule has 1 aromatic carbocycles. The molecule has 1 N–H and O–H groups in total. The van der Waals surface area contributed by atoms with Crippen LogP contribution in [-0.4, -0.2) is 37.9 Å². The average molecular weight is 428 g/mol. The zero-order valence-electron chi connectivity index (χ0n) is 18.0. The lowest BCUT2D eigenvalue weighted by Crippen LogP contribution is -2.21. The van der Waals surface area contributed by atoms with Crippen LogP contribution in [0.2, 0.25) is 0 Å². The van der Waals surface area contributed by atoms with Gasteiger partial charge in [0.05, 0.1) is 23.6 Å². The minimum absolute atomic E-state index is 0.164. The predicted molar refractivity (Wildman–Crippen MR) is 124 cm³/mol. The maximum absolute atomic E-state index is 12.8. The van der Waals surface area contributed by atoms with Crippen LogP contribution >= 0.6 is 0 Å². The van der Waals surface area contributed by atoms with E-state index in [0.717, 1.165) is 40.9 Å². The van der Waals surface area contributed by atoms with E-state index in [4.69, 9.17) is 14.7 Å². The molecule has 1 aliphatic rings. The molecule has 1 aliphatic heterocycles. The van der Waals surface area contributed by atoms with Crippen molar-refractivity contribution in [3.05, 3.63) is 82.7 Å². The fraction of sp³-hybridized carbons (Fsp3) is 0.280. The second-order valence-electron chi connectivity index (χ2n) is 8.20. The summed E-state index contributed by atoms with van der Waals surface area (Å²) in [7, 11) is 0. The van der Waals surface area contributed by atoms with Gasteiger partial charge in [0.1, 0.15) is 11.2 Å². The third-order valence-electron chi connectivity index (χ3n) is 5.89. The number of nitrogens with one attached hydrogen (secondary N) is 1. The first-order valence-corrected chi connectivity index (χ1v) is 10.9. The smallest absolute Gasteiger partial charge is 0.262 e. The van der Waals surface area contributed by atoms with Crippen LogP contribution in [0.25, 0.3) is 27.9 Å². The molecule has 1 saturated heterocycles. The number of benzene rings is 1. The number of hydrogen-bond acceptors (Lipinski definition) is 5. The minimum Gasteiger partial charge on any atom is -0.381 e. The summed E-state index contributed by atoms with van der Waals surface area (Å²) in [5, 5.41) is 5.00. The third-order valence-corrected chi connectivity index (χ3v) is 5.89. The summed E-state index contributed by atoms with van der Waals surface area (Å²) in [4.78, 5) is 25.3. The van der Waals surface area contributed by atoms with Crippen LogP contribution in [0.15, 0.2) is 60.0 Å². The van der Waals surface area contributed by atoms with E-state index in [1.165, 1.54) is 0 Å². The van der Waals surface area contributed by atoms with E-state index in [9.17, 15) is 4.79 Å². The molecule has 3 aromatic heterocycles. The Hall–Kier alpha value is -3.58. The van der Waals surface area contributed by atoms with Crippen molar-refractivity contribution in [2.24, 2.45) is 0 Å². The summed E-state index contributed by atoms with van der Waals surface area (Å²) >= 11 is 0. The molecule has 0 spiro atoms. The molecule has 0 saturated carbocycles. The molecule has 32 heavy (non-hydrogen) atoms. The van der Waals surface area contributed by atoms with Crippen molar-refractivity contribution < 1.29 is 4.74 Å². The number of rotatable bonds is 5. The molecule has 7 nitrogen and oxygen atoms in total. The van der Waals surface area contributed by atoms with Crippen molar-refractivity contribution in [1.82, 2.24) is 24.7 Å².